The number of thiophene rings is 1. The summed E-state index contributed by atoms with van der Waals surface area (Å²) in [5.74, 6) is -0.784. The molecule has 5 heteroatoms. The van der Waals surface area contributed by atoms with Gasteiger partial charge >= 0.3 is 5.97 Å². The maximum Gasteiger partial charge on any atom is 0.305 e. The topological polar surface area (TPSA) is 49.8 Å². The van der Waals surface area contributed by atoms with E-state index < -0.39 is 5.97 Å². The largest absolute Gasteiger partial charge is 0.481 e. The van der Waals surface area contributed by atoms with Gasteiger partial charge < -0.3 is 14.7 Å². The predicted octanol–water partition coefficient (Wildman–Crippen LogP) is 2.25. The Balaban J connectivity index is 1.58. The van der Waals surface area contributed by atoms with Crippen molar-refractivity contribution in [3.8, 4) is 0 Å². The van der Waals surface area contributed by atoms with Crippen LogP contribution in [0.25, 0.3) is 0 Å². The van der Waals surface area contributed by atoms with E-state index in [-0.39, 0.29) is 12.5 Å². The van der Waals surface area contributed by atoms with Crippen LogP contribution in [-0.4, -0.2) is 48.3 Å². The Kier molecular flexibility index (Phi) is 5.82. The molecule has 19 heavy (non-hydrogen) atoms. The molecular formula is C14H21NO3S. The third-order valence-electron chi connectivity index (χ3n) is 3.50. The first kappa shape index (κ1) is 14.5. The molecule has 2 heterocycles. The number of nitrogens with zero attached hydrogens (tertiary/aromatic N) is 1. The van der Waals surface area contributed by atoms with Gasteiger partial charge in [-0.15, -0.1) is 0 Å². The van der Waals surface area contributed by atoms with Gasteiger partial charge in [0, 0.05) is 19.6 Å². The van der Waals surface area contributed by atoms with Crippen molar-refractivity contribution in [2.75, 3.05) is 26.2 Å². The summed E-state index contributed by atoms with van der Waals surface area (Å²) in [5, 5.41) is 12.9. The Bertz CT molecular complexity index is 372. The average Bonchev–Trinajstić information content (AvgIpc) is 2.90. The van der Waals surface area contributed by atoms with Crippen LogP contribution in [0.2, 0.25) is 0 Å². The van der Waals surface area contributed by atoms with Crippen molar-refractivity contribution in [2.45, 2.75) is 31.8 Å². The molecule has 1 aromatic heterocycles. The van der Waals surface area contributed by atoms with Gasteiger partial charge in [0.05, 0.1) is 19.1 Å². The van der Waals surface area contributed by atoms with E-state index in [4.69, 9.17) is 9.84 Å². The van der Waals surface area contributed by atoms with Gasteiger partial charge in [-0.25, -0.2) is 0 Å². The number of carbonyl (C=O) groups is 1. The van der Waals surface area contributed by atoms with E-state index in [9.17, 15) is 4.79 Å². The second-order valence-electron chi connectivity index (χ2n) is 4.94. The van der Waals surface area contributed by atoms with Crippen molar-refractivity contribution in [2.24, 2.45) is 0 Å². The Morgan fingerprint density at radius 1 is 1.47 bits per heavy atom. The van der Waals surface area contributed by atoms with Crippen LogP contribution in [-0.2, 0) is 16.0 Å². The van der Waals surface area contributed by atoms with Gasteiger partial charge in [-0.05, 0) is 41.7 Å². The van der Waals surface area contributed by atoms with Gasteiger partial charge in [0.1, 0.15) is 0 Å². The molecule has 4 nitrogen and oxygen atoms in total. The van der Waals surface area contributed by atoms with Crippen molar-refractivity contribution in [3.05, 3.63) is 22.4 Å². The minimum Gasteiger partial charge on any atom is -0.481 e. The summed E-state index contributed by atoms with van der Waals surface area (Å²) in [6.45, 7) is 3.57. The molecule has 0 radical (unpaired) electrons. The van der Waals surface area contributed by atoms with E-state index in [1.807, 2.05) is 0 Å². The number of hydrogen-bond donors (Lipinski definition) is 1. The molecular weight excluding hydrogens is 262 g/mol. The fourth-order valence-corrected chi connectivity index (χ4v) is 3.04. The molecule has 1 fully saturated rings. The summed E-state index contributed by atoms with van der Waals surface area (Å²) in [7, 11) is 0. The Morgan fingerprint density at radius 2 is 2.26 bits per heavy atom. The number of ether oxygens (including phenoxy) is 1. The standard InChI is InChI=1S/C14H21NO3S/c16-14(17)4-9-18-13-2-7-15(8-3-13)6-1-12-5-10-19-11-12/h5,10-11,13H,1-4,6-9H2,(H,16,17). The molecule has 1 aliphatic rings. The van der Waals surface area contributed by atoms with Crippen molar-refractivity contribution in [1.29, 1.82) is 0 Å². The monoisotopic (exact) mass is 283 g/mol. The predicted molar refractivity (Wildman–Crippen MR) is 75.7 cm³/mol. The molecule has 0 atom stereocenters. The molecule has 1 aromatic rings. The van der Waals surface area contributed by atoms with Crippen molar-refractivity contribution < 1.29 is 14.6 Å². The lowest BCUT2D eigenvalue weighted by atomic mass is 10.1. The van der Waals surface area contributed by atoms with Crippen LogP contribution < -0.4 is 0 Å². The highest BCUT2D eigenvalue weighted by molar-refractivity contribution is 7.07. The summed E-state index contributed by atoms with van der Waals surface area (Å²) in [5.41, 5.74) is 1.42. The zero-order chi connectivity index (χ0) is 13.5. The van der Waals surface area contributed by atoms with Crippen LogP contribution >= 0.6 is 11.3 Å². The number of carboxylic acid groups (broad SMARTS) is 1. The molecule has 1 saturated heterocycles. The Hall–Kier alpha value is -0.910. The van der Waals surface area contributed by atoms with Gasteiger partial charge in [0.2, 0.25) is 0 Å². The fraction of sp³-hybridized carbons (Fsp3) is 0.643. The van der Waals surface area contributed by atoms with Gasteiger partial charge in [-0.2, -0.15) is 11.3 Å². The van der Waals surface area contributed by atoms with Crippen LogP contribution in [0.1, 0.15) is 24.8 Å². The summed E-state index contributed by atoms with van der Waals surface area (Å²) < 4.78 is 5.59. The lowest BCUT2D eigenvalue weighted by molar-refractivity contribution is -0.138. The molecule has 0 amide bonds. The van der Waals surface area contributed by atoms with Crippen LogP contribution in [0.4, 0.5) is 0 Å². The molecule has 0 aromatic carbocycles. The summed E-state index contributed by atoms with van der Waals surface area (Å²) >= 11 is 1.75. The van der Waals surface area contributed by atoms with Gasteiger partial charge in [-0.1, -0.05) is 0 Å². The smallest absolute Gasteiger partial charge is 0.305 e. The first-order chi connectivity index (χ1) is 9.24. The zero-order valence-corrected chi connectivity index (χ0v) is 11.9. The number of aliphatic carboxylic acids is 1. The zero-order valence-electron chi connectivity index (χ0n) is 11.1. The van der Waals surface area contributed by atoms with Gasteiger partial charge in [-0.3, -0.25) is 4.79 Å². The van der Waals surface area contributed by atoms with Crippen LogP contribution in [0.3, 0.4) is 0 Å². The molecule has 2 rings (SSSR count). The average molecular weight is 283 g/mol. The molecule has 0 aliphatic carbocycles. The normalized spacial score (nSPS) is 17.7. The Morgan fingerprint density at radius 3 is 2.89 bits per heavy atom. The first-order valence-electron chi connectivity index (χ1n) is 6.81. The van der Waals surface area contributed by atoms with E-state index in [0.717, 1.165) is 38.9 Å². The highest BCUT2D eigenvalue weighted by atomic mass is 32.1. The maximum absolute atomic E-state index is 10.4. The number of carboxylic acids is 1. The Labute approximate surface area is 118 Å². The third kappa shape index (κ3) is 5.30. The second kappa shape index (κ2) is 7.62. The number of likely N-dealkylation sites (tertiary alicyclic amines) is 1. The van der Waals surface area contributed by atoms with E-state index in [0.29, 0.717) is 6.61 Å². The lowest BCUT2D eigenvalue weighted by Gasteiger charge is -2.31. The molecule has 0 unspecified atom stereocenters. The summed E-state index contributed by atoms with van der Waals surface area (Å²) in [4.78, 5) is 12.9. The highest BCUT2D eigenvalue weighted by Crippen LogP contribution is 2.15. The van der Waals surface area contributed by atoms with E-state index in [2.05, 4.69) is 21.7 Å². The van der Waals surface area contributed by atoms with Gasteiger partial charge in [0.15, 0.2) is 0 Å². The highest BCUT2D eigenvalue weighted by Gasteiger charge is 2.19. The molecule has 0 spiro atoms. The van der Waals surface area contributed by atoms with Crippen molar-refractivity contribution in [1.82, 2.24) is 4.90 Å². The molecule has 0 saturated carbocycles. The van der Waals surface area contributed by atoms with Crippen molar-refractivity contribution in [3.63, 3.8) is 0 Å². The van der Waals surface area contributed by atoms with Crippen LogP contribution in [0, 0.1) is 0 Å². The first-order valence-corrected chi connectivity index (χ1v) is 7.75. The lowest BCUT2D eigenvalue weighted by Crippen LogP contribution is -2.38. The summed E-state index contributed by atoms with van der Waals surface area (Å²) in [6, 6.07) is 2.19. The van der Waals surface area contributed by atoms with Crippen molar-refractivity contribution >= 4 is 17.3 Å². The minimum absolute atomic E-state index is 0.109. The van der Waals surface area contributed by atoms with E-state index >= 15 is 0 Å². The SMILES string of the molecule is O=C(O)CCOC1CCN(CCc2ccsc2)CC1. The maximum atomic E-state index is 10.4. The molecule has 106 valence electrons. The minimum atomic E-state index is -0.784. The van der Waals surface area contributed by atoms with Crippen LogP contribution in [0.15, 0.2) is 16.8 Å². The number of rotatable bonds is 7. The molecule has 1 aliphatic heterocycles. The van der Waals surface area contributed by atoms with E-state index in [1.54, 1.807) is 11.3 Å². The second-order valence-corrected chi connectivity index (χ2v) is 5.72. The third-order valence-corrected chi connectivity index (χ3v) is 4.23. The summed E-state index contributed by atoms with van der Waals surface area (Å²) in [6.07, 6.45) is 3.51. The fourth-order valence-electron chi connectivity index (χ4n) is 2.33. The number of piperidine rings is 1. The van der Waals surface area contributed by atoms with Gasteiger partial charge in [0.25, 0.3) is 0 Å². The van der Waals surface area contributed by atoms with Crippen LogP contribution in [0.5, 0.6) is 0 Å². The molecule has 1 N–H and O–H groups in total. The quantitative estimate of drug-likeness (QED) is 0.834. The molecule has 0 bridgehead atoms. The number of hydrogen-bond acceptors (Lipinski definition) is 4. The van der Waals surface area contributed by atoms with E-state index in [1.165, 1.54) is 5.56 Å².